The van der Waals surface area contributed by atoms with E-state index in [1.165, 1.54) is 0 Å². The fourth-order valence-electron chi connectivity index (χ4n) is 1.43. The molecule has 2 aromatic carbocycles. The fourth-order valence-corrected chi connectivity index (χ4v) is 2.93. The highest BCUT2D eigenvalue weighted by atomic mass is 32.2. The van der Waals surface area contributed by atoms with Crippen molar-refractivity contribution in [3.8, 4) is 0 Å². The van der Waals surface area contributed by atoms with E-state index in [2.05, 4.69) is 0 Å². The largest absolute Gasteiger partial charge is 0.256 e. The number of halogens is 1. The molecule has 0 spiro atoms. The monoisotopic (exact) mass is 219 g/mol. The number of rotatable bonds is 3. The summed E-state index contributed by atoms with van der Waals surface area (Å²) in [7, 11) is -0.425. The minimum atomic E-state index is -0.425. The molecule has 0 bridgehead atoms. The van der Waals surface area contributed by atoms with E-state index >= 15 is 0 Å². The standard InChI is InChI=1S/C13H12FS/c14-11-15(12-7-3-1-4-8-12)13-9-5-2-6-10-13/h1-10H,11H2/q+1. The van der Waals surface area contributed by atoms with Crippen molar-refractivity contribution in [1.82, 2.24) is 0 Å². The van der Waals surface area contributed by atoms with Crippen LogP contribution in [0.15, 0.2) is 70.5 Å². The quantitative estimate of drug-likeness (QED) is 0.691. The van der Waals surface area contributed by atoms with Gasteiger partial charge in [-0.05, 0) is 24.3 Å². The predicted octanol–water partition coefficient (Wildman–Crippen LogP) is 3.65. The van der Waals surface area contributed by atoms with E-state index in [1.807, 2.05) is 60.7 Å². The zero-order valence-electron chi connectivity index (χ0n) is 8.27. The van der Waals surface area contributed by atoms with Crippen molar-refractivity contribution in [2.75, 3.05) is 6.01 Å². The van der Waals surface area contributed by atoms with Gasteiger partial charge in [0.05, 0.1) is 10.9 Å². The van der Waals surface area contributed by atoms with Gasteiger partial charge in [0, 0.05) is 0 Å². The highest BCUT2D eigenvalue weighted by Gasteiger charge is 2.23. The molecule has 0 saturated carbocycles. The van der Waals surface area contributed by atoms with Crippen molar-refractivity contribution in [2.24, 2.45) is 0 Å². The number of hydrogen-bond donors (Lipinski definition) is 0. The molecule has 2 aromatic rings. The molecule has 0 radical (unpaired) electrons. The highest BCUT2D eigenvalue weighted by molar-refractivity contribution is 7.96. The molecule has 2 rings (SSSR count). The zero-order valence-corrected chi connectivity index (χ0v) is 9.08. The molecular weight excluding hydrogens is 207 g/mol. The third-order valence-corrected chi connectivity index (χ3v) is 4.07. The molecule has 0 unspecified atom stereocenters. The van der Waals surface area contributed by atoms with E-state index in [1.54, 1.807) is 0 Å². The lowest BCUT2D eigenvalue weighted by Gasteiger charge is -2.02. The van der Waals surface area contributed by atoms with Gasteiger partial charge in [-0.3, -0.25) is 0 Å². The van der Waals surface area contributed by atoms with E-state index in [9.17, 15) is 4.39 Å². The molecule has 0 saturated heterocycles. The van der Waals surface area contributed by atoms with Gasteiger partial charge in [-0.15, -0.1) is 0 Å². The highest BCUT2D eigenvalue weighted by Crippen LogP contribution is 2.23. The number of benzene rings is 2. The maximum Gasteiger partial charge on any atom is 0.256 e. The number of hydrogen-bond acceptors (Lipinski definition) is 0. The molecular formula is C13H12FS+. The molecule has 0 fully saturated rings. The van der Waals surface area contributed by atoms with Crippen LogP contribution in [0, 0.1) is 0 Å². The molecule has 0 aliphatic rings. The summed E-state index contributed by atoms with van der Waals surface area (Å²) >= 11 is 0. The summed E-state index contributed by atoms with van der Waals surface area (Å²) in [6, 6.07) is 19.3. The Morgan fingerprint density at radius 2 is 1.13 bits per heavy atom. The first-order valence-electron chi connectivity index (χ1n) is 4.79. The van der Waals surface area contributed by atoms with Crippen LogP contribution in [-0.2, 0) is 10.9 Å². The third kappa shape index (κ3) is 2.39. The normalized spacial score (nSPS) is 10.5. The van der Waals surface area contributed by atoms with Gasteiger partial charge < -0.3 is 0 Å². The Morgan fingerprint density at radius 3 is 1.47 bits per heavy atom. The topological polar surface area (TPSA) is 0 Å². The minimum Gasteiger partial charge on any atom is -0.192 e. The summed E-state index contributed by atoms with van der Waals surface area (Å²) in [5, 5.41) is 0. The molecule has 0 amide bonds. The van der Waals surface area contributed by atoms with Gasteiger partial charge in [0.1, 0.15) is 0 Å². The first-order valence-corrected chi connectivity index (χ1v) is 6.18. The van der Waals surface area contributed by atoms with Crippen LogP contribution in [-0.4, -0.2) is 6.01 Å². The Kier molecular flexibility index (Phi) is 3.41. The van der Waals surface area contributed by atoms with Gasteiger partial charge in [0.25, 0.3) is 6.01 Å². The molecule has 0 N–H and O–H groups in total. The third-order valence-electron chi connectivity index (χ3n) is 2.16. The van der Waals surface area contributed by atoms with E-state index in [0.717, 1.165) is 9.79 Å². The summed E-state index contributed by atoms with van der Waals surface area (Å²) in [6.45, 7) is 0. The molecule has 0 heterocycles. The second kappa shape index (κ2) is 4.99. The molecule has 0 aliphatic heterocycles. The van der Waals surface area contributed by atoms with Crippen LogP contribution >= 0.6 is 0 Å². The van der Waals surface area contributed by atoms with E-state index in [-0.39, 0.29) is 6.01 Å². The SMILES string of the molecule is FC[S+](c1ccccc1)c1ccccc1. The smallest absolute Gasteiger partial charge is 0.192 e. The average Bonchev–Trinajstić information content (AvgIpc) is 2.33. The van der Waals surface area contributed by atoms with E-state index < -0.39 is 10.9 Å². The van der Waals surface area contributed by atoms with Crippen LogP contribution in [0.4, 0.5) is 4.39 Å². The Bertz CT molecular complexity index is 360. The molecule has 0 atom stereocenters. The van der Waals surface area contributed by atoms with Crippen molar-refractivity contribution in [2.45, 2.75) is 9.79 Å². The first-order chi connectivity index (χ1) is 7.42. The Hall–Kier alpha value is -1.28. The molecule has 76 valence electrons. The summed E-state index contributed by atoms with van der Waals surface area (Å²) in [6.07, 6.45) is 0. The van der Waals surface area contributed by atoms with Crippen LogP contribution in [0.2, 0.25) is 0 Å². The van der Waals surface area contributed by atoms with E-state index in [0.29, 0.717) is 0 Å². The van der Waals surface area contributed by atoms with Crippen LogP contribution < -0.4 is 0 Å². The lowest BCUT2D eigenvalue weighted by molar-refractivity contribution is 0.600. The molecule has 0 aromatic heterocycles. The van der Waals surface area contributed by atoms with Gasteiger partial charge in [0.15, 0.2) is 9.79 Å². The number of alkyl halides is 1. The van der Waals surface area contributed by atoms with Crippen LogP contribution in [0.5, 0.6) is 0 Å². The summed E-state index contributed by atoms with van der Waals surface area (Å²) < 4.78 is 13.0. The molecule has 0 aliphatic carbocycles. The lowest BCUT2D eigenvalue weighted by Crippen LogP contribution is -2.04. The van der Waals surface area contributed by atoms with Gasteiger partial charge in [-0.25, -0.2) is 0 Å². The van der Waals surface area contributed by atoms with Crippen LogP contribution in [0.25, 0.3) is 0 Å². The van der Waals surface area contributed by atoms with Gasteiger partial charge in [-0.1, -0.05) is 36.4 Å². The van der Waals surface area contributed by atoms with Crippen molar-refractivity contribution in [3.05, 3.63) is 60.7 Å². The first kappa shape index (κ1) is 10.2. The maximum absolute atomic E-state index is 13.0. The Morgan fingerprint density at radius 1 is 0.733 bits per heavy atom. The Balaban J connectivity index is 2.34. The van der Waals surface area contributed by atoms with Crippen LogP contribution in [0.3, 0.4) is 0 Å². The van der Waals surface area contributed by atoms with Gasteiger partial charge in [-0.2, -0.15) is 4.39 Å². The van der Waals surface area contributed by atoms with E-state index in [4.69, 9.17) is 0 Å². The summed E-state index contributed by atoms with van der Waals surface area (Å²) in [5.41, 5.74) is 0. The second-order valence-electron chi connectivity index (χ2n) is 3.13. The van der Waals surface area contributed by atoms with Gasteiger partial charge in [0.2, 0.25) is 0 Å². The lowest BCUT2D eigenvalue weighted by atomic mass is 10.4. The van der Waals surface area contributed by atoms with Crippen molar-refractivity contribution >= 4 is 10.9 Å². The van der Waals surface area contributed by atoms with Crippen molar-refractivity contribution in [1.29, 1.82) is 0 Å². The maximum atomic E-state index is 13.0. The van der Waals surface area contributed by atoms with Crippen LogP contribution in [0.1, 0.15) is 0 Å². The fraction of sp³-hybridized carbons (Fsp3) is 0.0769. The predicted molar refractivity (Wildman–Crippen MR) is 62.8 cm³/mol. The molecule has 15 heavy (non-hydrogen) atoms. The van der Waals surface area contributed by atoms with Crippen molar-refractivity contribution < 1.29 is 4.39 Å². The minimum absolute atomic E-state index is 0.325. The van der Waals surface area contributed by atoms with Gasteiger partial charge >= 0.3 is 0 Å². The molecule has 0 nitrogen and oxygen atoms in total. The summed E-state index contributed by atoms with van der Waals surface area (Å²) in [4.78, 5) is 2.12. The summed E-state index contributed by atoms with van der Waals surface area (Å²) in [5.74, 6) is 0. The Labute approximate surface area is 92.1 Å². The van der Waals surface area contributed by atoms with Crippen molar-refractivity contribution in [3.63, 3.8) is 0 Å². The average molecular weight is 219 g/mol. The second-order valence-corrected chi connectivity index (χ2v) is 5.07. The zero-order chi connectivity index (χ0) is 10.5. The molecule has 2 heteroatoms.